The van der Waals surface area contributed by atoms with Crippen LogP contribution in [-0.4, -0.2) is 132 Å². The Bertz CT molecular complexity index is 1910. The summed E-state index contributed by atoms with van der Waals surface area (Å²) < 4.78 is 0. The SMILES string of the molecule is CN(CCCCN1CCC(CN2CCN3c4cc(-c5ccccc5O)nnc4NC[C@H]3C2)CC1)c1ccc2c(c1)C(=O)N(C1CCC(=O)NC1=O)C2=O. The molecule has 0 bridgehead atoms. The number of aromatic nitrogens is 2. The molecule has 2 aromatic carbocycles. The zero-order valence-corrected chi connectivity index (χ0v) is 30.2. The Hall–Kier alpha value is -5.08. The van der Waals surface area contributed by atoms with Crippen LogP contribution in [0, 0.1) is 5.92 Å². The maximum absolute atomic E-state index is 13.2. The van der Waals surface area contributed by atoms with Crippen molar-refractivity contribution >= 4 is 40.8 Å². The van der Waals surface area contributed by atoms with Gasteiger partial charge >= 0.3 is 0 Å². The van der Waals surface area contributed by atoms with E-state index in [4.69, 9.17) is 0 Å². The molecule has 8 rings (SSSR count). The molecule has 0 radical (unpaired) electrons. The van der Waals surface area contributed by atoms with Crippen molar-refractivity contribution < 1.29 is 24.3 Å². The maximum Gasteiger partial charge on any atom is 0.262 e. The molecule has 3 N–H and O–H groups in total. The molecule has 3 fully saturated rings. The number of hydrogen-bond donors (Lipinski definition) is 3. The lowest BCUT2D eigenvalue weighted by Gasteiger charge is -2.47. The highest BCUT2D eigenvalue weighted by atomic mass is 16.3. The van der Waals surface area contributed by atoms with Crippen molar-refractivity contribution in [2.75, 3.05) is 81.1 Å². The molecule has 14 heteroatoms. The van der Waals surface area contributed by atoms with Gasteiger partial charge in [0.15, 0.2) is 5.82 Å². The zero-order valence-electron chi connectivity index (χ0n) is 30.2. The molecule has 0 spiro atoms. The summed E-state index contributed by atoms with van der Waals surface area (Å²) in [6, 6.07) is 14.0. The third-order valence-corrected chi connectivity index (χ3v) is 11.6. The zero-order chi connectivity index (χ0) is 36.6. The molecule has 0 aliphatic carbocycles. The summed E-state index contributed by atoms with van der Waals surface area (Å²) in [7, 11) is 2.00. The second-order valence-electron chi connectivity index (χ2n) is 15.1. The van der Waals surface area contributed by atoms with E-state index in [0.717, 1.165) is 93.8 Å². The van der Waals surface area contributed by atoms with E-state index in [-0.39, 0.29) is 24.5 Å². The van der Waals surface area contributed by atoms with Crippen LogP contribution in [0.25, 0.3) is 11.3 Å². The highest BCUT2D eigenvalue weighted by Crippen LogP contribution is 2.36. The van der Waals surface area contributed by atoms with Crippen molar-refractivity contribution in [2.45, 2.75) is 50.6 Å². The average Bonchev–Trinajstić information content (AvgIpc) is 3.41. The second kappa shape index (κ2) is 14.7. The van der Waals surface area contributed by atoms with Crippen LogP contribution >= 0.6 is 0 Å². The summed E-state index contributed by atoms with van der Waals surface area (Å²) in [6.07, 6.45) is 4.75. The number of carbonyl (C=O) groups excluding carboxylic acids is 4. The Morgan fingerprint density at radius 3 is 2.49 bits per heavy atom. The number of nitrogens with zero attached hydrogens (tertiary/aromatic N) is 7. The van der Waals surface area contributed by atoms with Crippen molar-refractivity contribution in [3.05, 3.63) is 59.7 Å². The summed E-state index contributed by atoms with van der Waals surface area (Å²) in [4.78, 5) is 61.0. The summed E-state index contributed by atoms with van der Waals surface area (Å²) >= 11 is 0. The molecule has 0 saturated carbocycles. The third-order valence-electron chi connectivity index (χ3n) is 11.6. The number of likely N-dealkylation sites (tertiary alicyclic amines) is 1. The monoisotopic (exact) mass is 721 g/mol. The number of phenols is 1. The quantitative estimate of drug-likeness (QED) is 0.208. The fourth-order valence-corrected chi connectivity index (χ4v) is 8.61. The minimum atomic E-state index is -0.959. The fourth-order valence-electron chi connectivity index (χ4n) is 8.61. The lowest BCUT2D eigenvalue weighted by atomic mass is 9.95. The van der Waals surface area contributed by atoms with Crippen LogP contribution in [0.5, 0.6) is 5.75 Å². The smallest absolute Gasteiger partial charge is 0.262 e. The molecule has 3 saturated heterocycles. The van der Waals surface area contributed by atoms with Crippen molar-refractivity contribution in [3.63, 3.8) is 0 Å². The summed E-state index contributed by atoms with van der Waals surface area (Å²) in [6.45, 7) is 9.09. The minimum Gasteiger partial charge on any atom is -0.507 e. The van der Waals surface area contributed by atoms with E-state index in [0.29, 0.717) is 34.3 Å². The van der Waals surface area contributed by atoms with Gasteiger partial charge in [0.25, 0.3) is 11.8 Å². The van der Waals surface area contributed by atoms with Gasteiger partial charge in [0.05, 0.1) is 28.6 Å². The Morgan fingerprint density at radius 1 is 0.868 bits per heavy atom. The van der Waals surface area contributed by atoms with E-state index >= 15 is 0 Å². The van der Waals surface area contributed by atoms with Gasteiger partial charge in [-0.05, 0) is 94.1 Å². The summed E-state index contributed by atoms with van der Waals surface area (Å²) in [5.41, 5.74) is 3.90. The minimum absolute atomic E-state index is 0.102. The molecule has 3 aromatic rings. The number of aromatic hydroxyl groups is 1. The number of rotatable bonds is 10. The van der Waals surface area contributed by atoms with Crippen molar-refractivity contribution in [1.82, 2.24) is 30.2 Å². The lowest BCUT2D eigenvalue weighted by Crippen LogP contribution is -2.58. The third kappa shape index (κ3) is 7.05. The van der Waals surface area contributed by atoms with E-state index in [2.05, 4.69) is 46.5 Å². The van der Waals surface area contributed by atoms with Gasteiger partial charge in [-0.25, -0.2) is 0 Å². The molecule has 53 heavy (non-hydrogen) atoms. The molecule has 278 valence electrons. The number of anilines is 3. The number of phenolic OH excluding ortho intramolecular Hbond substituents is 1. The standard InChI is InChI=1S/C39H47N9O5/c1-44(26-8-9-28-30(20-26)39(53)48(38(28)52)32-10-11-35(50)41-37(32)51)14-4-5-15-45-16-12-25(13-17-45)23-46-18-19-47-27(24-46)22-40-36-33(47)21-31(42-43-36)29-6-2-3-7-34(29)49/h2-3,6-9,20-21,25,27,32,49H,4-5,10-19,22-24H2,1H3,(H,40,43)(H,41,50,51)/t27-,32?/m0/s1. The number of carbonyl (C=O) groups is 4. The van der Waals surface area contributed by atoms with Gasteiger partial charge in [-0.2, -0.15) is 0 Å². The van der Waals surface area contributed by atoms with Gasteiger partial charge in [0, 0.05) is 64.0 Å². The van der Waals surface area contributed by atoms with Gasteiger partial charge in [-0.1, -0.05) is 12.1 Å². The Balaban J connectivity index is 0.763. The predicted molar refractivity (Wildman–Crippen MR) is 200 cm³/mol. The van der Waals surface area contributed by atoms with Crippen LogP contribution in [0.15, 0.2) is 48.5 Å². The number of fused-ring (bicyclic) bond motifs is 4. The van der Waals surface area contributed by atoms with Gasteiger partial charge in [-0.15, -0.1) is 10.2 Å². The normalized spacial score (nSPS) is 22.3. The number of hydrogen-bond acceptors (Lipinski definition) is 12. The first-order valence-corrected chi connectivity index (χ1v) is 18.9. The van der Waals surface area contributed by atoms with Crippen LogP contribution in [0.1, 0.15) is 59.2 Å². The molecule has 1 unspecified atom stereocenters. The van der Waals surface area contributed by atoms with E-state index in [1.54, 1.807) is 18.2 Å². The van der Waals surface area contributed by atoms with Crippen LogP contribution < -0.4 is 20.4 Å². The molecule has 6 heterocycles. The molecule has 1 aromatic heterocycles. The first-order chi connectivity index (χ1) is 25.7. The van der Waals surface area contributed by atoms with Crippen LogP contribution in [-0.2, 0) is 9.59 Å². The maximum atomic E-state index is 13.2. The predicted octanol–water partition coefficient (Wildman–Crippen LogP) is 2.80. The van der Waals surface area contributed by atoms with Gasteiger partial charge in [0.1, 0.15) is 11.8 Å². The topological polar surface area (TPSA) is 155 Å². The number of piperazine rings is 1. The van der Waals surface area contributed by atoms with Crippen LogP contribution in [0.3, 0.4) is 0 Å². The summed E-state index contributed by atoms with van der Waals surface area (Å²) in [5, 5.41) is 24.9. The molecule has 5 aliphatic heterocycles. The number of imide groups is 2. The molecule has 4 amide bonds. The summed E-state index contributed by atoms with van der Waals surface area (Å²) in [5.74, 6) is -0.224. The molecule has 14 nitrogen and oxygen atoms in total. The van der Waals surface area contributed by atoms with Crippen LogP contribution in [0.2, 0.25) is 0 Å². The van der Waals surface area contributed by atoms with E-state index < -0.39 is 23.8 Å². The molecular weight excluding hydrogens is 674 g/mol. The average molecular weight is 722 g/mol. The number of amides is 4. The Kier molecular flexibility index (Phi) is 9.73. The van der Waals surface area contributed by atoms with Crippen LogP contribution in [0.4, 0.5) is 17.2 Å². The number of nitrogens with one attached hydrogen (secondary N) is 2. The number of para-hydroxylation sites is 1. The number of benzene rings is 2. The van der Waals surface area contributed by atoms with E-state index in [1.807, 2.05) is 31.3 Å². The molecule has 5 aliphatic rings. The molecule has 2 atom stereocenters. The van der Waals surface area contributed by atoms with Gasteiger partial charge in [-0.3, -0.25) is 34.3 Å². The van der Waals surface area contributed by atoms with Crippen molar-refractivity contribution in [1.29, 1.82) is 0 Å². The van der Waals surface area contributed by atoms with E-state index in [9.17, 15) is 24.3 Å². The first-order valence-electron chi connectivity index (χ1n) is 18.9. The Morgan fingerprint density at radius 2 is 1.68 bits per heavy atom. The lowest BCUT2D eigenvalue weighted by molar-refractivity contribution is -0.136. The number of unbranched alkanes of at least 4 members (excludes halogenated alkanes) is 1. The van der Waals surface area contributed by atoms with Crippen molar-refractivity contribution in [3.8, 4) is 17.0 Å². The highest BCUT2D eigenvalue weighted by molar-refractivity contribution is 6.23. The number of piperidine rings is 2. The largest absolute Gasteiger partial charge is 0.507 e. The Labute approximate surface area is 309 Å². The van der Waals surface area contributed by atoms with Gasteiger partial charge in [0.2, 0.25) is 11.8 Å². The first kappa shape index (κ1) is 35.0. The van der Waals surface area contributed by atoms with Crippen molar-refractivity contribution in [2.24, 2.45) is 5.92 Å². The molecular formula is C39H47N9O5. The highest BCUT2D eigenvalue weighted by Gasteiger charge is 2.44. The van der Waals surface area contributed by atoms with Gasteiger partial charge < -0.3 is 25.1 Å². The van der Waals surface area contributed by atoms with E-state index in [1.165, 1.54) is 12.8 Å². The fraction of sp³-hybridized carbons (Fsp3) is 0.487. The second-order valence-corrected chi connectivity index (χ2v) is 15.1.